The number of nitrogens with zero attached hydrogens (tertiary/aromatic N) is 3. The monoisotopic (exact) mass is 1010 g/mol. The lowest BCUT2D eigenvalue weighted by Gasteiger charge is -2.39. The van der Waals surface area contributed by atoms with Gasteiger partial charge in [-0.05, 0) is 88.9 Å². The molecule has 0 saturated carbocycles. The molecule has 2 amide bonds. The summed E-state index contributed by atoms with van der Waals surface area (Å²) in [5.41, 5.74) is 9.76. The van der Waals surface area contributed by atoms with E-state index in [0.717, 1.165) is 48.3 Å². The Kier molecular flexibility index (Phi) is 17.4. The van der Waals surface area contributed by atoms with Crippen molar-refractivity contribution in [2.45, 2.75) is 47.3 Å². The molecule has 7 aromatic rings. The summed E-state index contributed by atoms with van der Waals surface area (Å²) < 4.78 is 13.2. The molecule has 0 radical (unpaired) electrons. The molecule has 0 aromatic heterocycles. The number of benzene rings is 7. The minimum Gasteiger partial charge on any atom is -0.354 e. The van der Waals surface area contributed by atoms with E-state index in [2.05, 4.69) is 197 Å². The lowest BCUT2D eigenvalue weighted by Crippen LogP contribution is -2.46. The second kappa shape index (κ2) is 24.6. The Morgan fingerprint density at radius 2 is 1.05 bits per heavy atom. The predicted molar refractivity (Wildman–Crippen MR) is 299 cm³/mol. The first-order chi connectivity index (χ1) is 35.8. The van der Waals surface area contributed by atoms with Gasteiger partial charge in [-0.2, -0.15) is 0 Å². The predicted octanol–water partition coefficient (Wildman–Crippen LogP) is 12.1. The first-order valence-corrected chi connectivity index (χ1v) is 27.5. The molecule has 73 heavy (non-hydrogen) atoms. The maximum Gasteiger partial charge on any atom is 0.274 e. The van der Waals surface area contributed by atoms with E-state index < -0.39 is 9.49 Å². The summed E-state index contributed by atoms with van der Waals surface area (Å²) in [6.07, 6.45) is 3.32. The van der Waals surface area contributed by atoms with Gasteiger partial charge in [0.2, 0.25) is 5.91 Å². The number of hydrogen-bond acceptors (Lipinski definition) is 7. The zero-order valence-electron chi connectivity index (χ0n) is 41.8. The molecule has 0 spiro atoms. The van der Waals surface area contributed by atoms with Crippen LogP contribution in [0.2, 0.25) is 0 Å². The highest BCUT2D eigenvalue weighted by molar-refractivity contribution is 8.00. The van der Waals surface area contributed by atoms with Crippen LogP contribution in [0.5, 0.6) is 0 Å². The summed E-state index contributed by atoms with van der Waals surface area (Å²) in [7, 11) is 3.16. The molecule has 374 valence electrons. The van der Waals surface area contributed by atoms with E-state index in [1.54, 1.807) is 19.2 Å². The summed E-state index contributed by atoms with van der Waals surface area (Å²) in [5, 5.41) is 4.65. The second-order valence-electron chi connectivity index (χ2n) is 18.8. The number of fused-ring (bicyclic) bond motifs is 2. The minimum atomic E-state index is -0.489. The van der Waals surface area contributed by atoms with Crippen LogP contribution < -0.4 is 5.32 Å². The van der Waals surface area contributed by atoms with Gasteiger partial charge in [0.05, 0.1) is 23.1 Å². The molecule has 10 heteroatoms. The van der Waals surface area contributed by atoms with E-state index in [4.69, 9.17) is 4.84 Å². The van der Waals surface area contributed by atoms with Gasteiger partial charge >= 0.3 is 0 Å². The molecule has 7 aromatic carbocycles. The summed E-state index contributed by atoms with van der Waals surface area (Å²) >= 11 is 3.76. The van der Waals surface area contributed by atoms with Crippen molar-refractivity contribution in [1.82, 2.24) is 20.2 Å². The number of nitrogens with one attached hydrogen (secondary N) is 1. The topological polar surface area (TPSA) is 65.1 Å². The smallest absolute Gasteiger partial charge is 0.274 e. The molecule has 2 unspecified atom stereocenters. The molecule has 2 heterocycles. The van der Waals surface area contributed by atoms with Gasteiger partial charge in [-0.1, -0.05) is 194 Å². The Bertz CT molecular complexity index is 2690. The van der Waals surface area contributed by atoms with Gasteiger partial charge in [0, 0.05) is 55.8 Å². The number of hydrogen-bond donors (Lipinski definition) is 1. The van der Waals surface area contributed by atoms with Crippen molar-refractivity contribution in [3.8, 4) is 0 Å². The van der Waals surface area contributed by atoms with Gasteiger partial charge in [-0.25, -0.2) is 9.45 Å². The van der Waals surface area contributed by atoms with Crippen LogP contribution in [0.25, 0.3) is 5.57 Å². The fourth-order valence-corrected chi connectivity index (χ4v) is 14.0. The van der Waals surface area contributed by atoms with Crippen molar-refractivity contribution in [3.63, 3.8) is 0 Å². The zero-order chi connectivity index (χ0) is 50.5. The average Bonchev–Trinajstić information content (AvgIpc) is 3.72. The Hall–Kier alpha value is -6.27. The van der Waals surface area contributed by atoms with Crippen LogP contribution in [0.3, 0.4) is 0 Å². The highest BCUT2D eigenvalue weighted by Gasteiger charge is 2.45. The Labute approximate surface area is 439 Å². The largest absolute Gasteiger partial charge is 0.354 e. The molecule has 1 saturated heterocycles. The molecular formula is C63H65FN4O3S2. The molecule has 2 aliphatic rings. The fraction of sp³-hybridized carbons (Fsp3) is 0.270. The summed E-state index contributed by atoms with van der Waals surface area (Å²) in [6, 6.07) is 71.0. The standard InChI is InChI=1S/C63H65FN4O3S2/c1-66(71-2)61(70)60-57(48-34-36-55(64)37-35-48)46-56-38-39-58(60)68(56)42-21-41-67(43-45-73-63(52-28-15-6-16-29-52,53-30-17-7-18-31-53)54-32-19-8-20-33-54)47-59(69)65-40-44-72-62(49-22-9-3-10-23-49,50-24-11-4-12-25-50)51-26-13-5-14-27-51/h3-20,22-37,56,58H,21,38-47H2,1-2H3,(H,65,69). The average molecular weight is 1010 g/mol. The van der Waals surface area contributed by atoms with Crippen molar-refractivity contribution in [1.29, 1.82) is 0 Å². The van der Waals surface area contributed by atoms with Crippen molar-refractivity contribution < 1.29 is 18.8 Å². The second-order valence-corrected chi connectivity index (χ2v) is 21.4. The van der Waals surface area contributed by atoms with E-state index >= 15 is 0 Å². The molecule has 2 atom stereocenters. The third-order valence-electron chi connectivity index (χ3n) is 14.5. The van der Waals surface area contributed by atoms with Crippen LogP contribution in [-0.2, 0) is 23.9 Å². The van der Waals surface area contributed by atoms with E-state index in [9.17, 15) is 14.0 Å². The van der Waals surface area contributed by atoms with E-state index in [1.165, 1.54) is 57.7 Å². The third kappa shape index (κ3) is 11.6. The number of halogens is 1. The number of thioether (sulfide) groups is 2. The number of carbonyl (C=O) groups is 2. The van der Waals surface area contributed by atoms with Crippen molar-refractivity contribution in [2.75, 3.05) is 58.4 Å². The summed E-state index contributed by atoms with van der Waals surface area (Å²) in [4.78, 5) is 38.7. The van der Waals surface area contributed by atoms with Gasteiger partial charge in [0.15, 0.2) is 0 Å². The lowest BCUT2D eigenvalue weighted by atomic mass is 9.84. The molecule has 9 rings (SSSR count). The van der Waals surface area contributed by atoms with Gasteiger partial charge in [0.25, 0.3) is 5.91 Å². The first kappa shape index (κ1) is 51.6. The number of rotatable bonds is 23. The van der Waals surface area contributed by atoms with Crippen molar-refractivity contribution in [2.24, 2.45) is 0 Å². The number of amides is 2. The molecule has 1 N–H and O–H groups in total. The number of hydroxylamine groups is 2. The van der Waals surface area contributed by atoms with Crippen LogP contribution in [0.1, 0.15) is 64.6 Å². The molecule has 2 aliphatic heterocycles. The highest BCUT2D eigenvalue weighted by Crippen LogP contribution is 2.50. The van der Waals surface area contributed by atoms with Crippen LogP contribution in [0.4, 0.5) is 4.39 Å². The van der Waals surface area contributed by atoms with Crippen LogP contribution in [0.15, 0.2) is 212 Å². The van der Waals surface area contributed by atoms with Gasteiger partial charge in [0.1, 0.15) is 5.82 Å². The summed E-state index contributed by atoms with van der Waals surface area (Å²) in [6.45, 7) is 2.91. The maximum atomic E-state index is 14.3. The van der Waals surface area contributed by atoms with E-state index in [1.807, 2.05) is 23.5 Å². The molecule has 1 fully saturated rings. The zero-order valence-corrected chi connectivity index (χ0v) is 43.5. The van der Waals surface area contributed by atoms with E-state index in [0.29, 0.717) is 31.8 Å². The first-order valence-electron chi connectivity index (χ1n) is 25.5. The SMILES string of the molecule is CON(C)C(=O)C1=C(c2ccc(F)cc2)CC2CCC1N2CCCN(CCSC(c1ccccc1)(c1ccccc1)c1ccccc1)CC(=O)NCCSC(c1ccccc1)(c1ccccc1)c1ccccc1. The van der Waals surface area contributed by atoms with Crippen molar-refractivity contribution in [3.05, 3.63) is 257 Å². The number of carbonyl (C=O) groups excluding carboxylic acids is 2. The number of likely N-dealkylation sites (N-methyl/N-ethyl adjacent to an activating group) is 1. The Balaban J connectivity index is 0.950. The van der Waals surface area contributed by atoms with Crippen LogP contribution >= 0.6 is 23.5 Å². The Morgan fingerprint density at radius 1 is 0.616 bits per heavy atom. The molecular weight excluding hydrogens is 944 g/mol. The highest BCUT2D eigenvalue weighted by atomic mass is 32.2. The van der Waals surface area contributed by atoms with Gasteiger partial charge in [-0.15, -0.1) is 23.5 Å². The minimum absolute atomic E-state index is 0.00354. The fourth-order valence-electron chi connectivity index (χ4n) is 11.1. The molecule has 7 nitrogen and oxygen atoms in total. The quantitative estimate of drug-likeness (QED) is 0.0389. The molecule has 0 aliphatic carbocycles. The normalized spacial score (nSPS) is 15.9. The van der Waals surface area contributed by atoms with Gasteiger partial charge < -0.3 is 5.32 Å². The summed E-state index contributed by atoms with van der Waals surface area (Å²) in [5.74, 6) is 0.979. The third-order valence-corrected chi connectivity index (χ3v) is 17.6. The molecule has 2 bridgehead atoms. The van der Waals surface area contributed by atoms with Gasteiger partial charge in [-0.3, -0.25) is 24.2 Å². The van der Waals surface area contributed by atoms with E-state index in [-0.39, 0.29) is 36.3 Å². The maximum absolute atomic E-state index is 14.3. The van der Waals surface area contributed by atoms with Crippen LogP contribution in [0, 0.1) is 5.82 Å². The Morgan fingerprint density at radius 3 is 1.49 bits per heavy atom. The van der Waals surface area contributed by atoms with Crippen molar-refractivity contribution >= 4 is 40.9 Å². The van der Waals surface area contributed by atoms with Crippen LogP contribution in [-0.4, -0.2) is 97.1 Å². The lowest BCUT2D eigenvalue weighted by molar-refractivity contribution is -0.164.